The molecule has 2 heterocycles. The van der Waals surface area contributed by atoms with Gasteiger partial charge >= 0.3 is 0 Å². The summed E-state index contributed by atoms with van der Waals surface area (Å²) in [6.07, 6.45) is 3.60. The maximum Gasteiger partial charge on any atom is 0.257 e. The molecule has 0 spiro atoms. The number of nitriles is 2. The van der Waals surface area contributed by atoms with Gasteiger partial charge in [-0.05, 0) is 56.0 Å². The third kappa shape index (κ3) is 3.95. The molecule has 4 rings (SSSR count). The van der Waals surface area contributed by atoms with Crippen LogP contribution in [0.3, 0.4) is 0 Å². The van der Waals surface area contributed by atoms with Crippen LogP contribution in [0.4, 0.5) is 10.2 Å². The summed E-state index contributed by atoms with van der Waals surface area (Å²) in [4.78, 5) is 23.6. The number of aryl methyl sites for hydroxylation is 1. The van der Waals surface area contributed by atoms with E-state index in [2.05, 4.69) is 16.0 Å². The number of aromatic nitrogens is 2. The van der Waals surface area contributed by atoms with Gasteiger partial charge < -0.3 is 10.6 Å². The van der Waals surface area contributed by atoms with E-state index in [0.717, 1.165) is 12.0 Å². The molecule has 3 aromatic rings. The molecule has 1 aliphatic carbocycles. The van der Waals surface area contributed by atoms with Crippen molar-refractivity contribution < 1.29 is 9.18 Å². The second-order valence-electron chi connectivity index (χ2n) is 8.03. The van der Waals surface area contributed by atoms with Gasteiger partial charge in [-0.1, -0.05) is 0 Å². The predicted octanol–water partition coefficient (Wildman–Crippen LogP) is 3.87. The molecule has 160 valence electrons. The molecule has 8 heteroatoms. The number of nitrogens with zero attached hydrogens (tertiary/aromatic N) is 5. The average molecular weight is 428 g/mol. The standard InChI is InChI=1S/C24H21FN6O/c1-14-7-17-8-19(20(25)9-21(17)30-23(14)28)24(32)31(22-4-2-3-16(22)11-27)13-18-6-5-15(10-26)12-29-18/h5-9,12,16,22H,2-4,13H2,1H3,(H2,28,30)/t16-,22-/m0/s1. The van der Waals surface area contributed by atoms with Crippen molar-refractivity contribution in [2.75, 3.05) is 5.73 Å². The molecule has 1 saturated carbocycles. The number of hydrogen-bond donors (Lipinski definition) is 1. The monoisotopic (exact) mass is 428 g/mol. The first-order valence-corrected chi connectivity index (χ1v) is 10.3. The minimum Gasteiger partial charge on any atom is -0.383 e. The fraction of sp³-hybridized carbons (Fsp3) is 0.292. The van der Waals surface area contributed by atoms with E-state index in [1.165, 1.54) is 23.2 Å². The molecular weight excluding hydrogens is 407 g/mol. The Morgan fingerprint density at radius 3 is 2.78 bits per heavy atom. The summed E-state index contributed by atoms with van der Waals surface area (Å²) >= 11 is 0. The first-order valence-electron chi connectivity index (χ1n) is 10.3. The molecule has 1 aromatic carbocycles. The molecule has 7 nitrogen and oxygen atoms in total. The second kappa shape index (κ2) is 8.60. The third-order valence-corrected chi connectivity index (χ3v) is 5.96. The zero-order valence-corrected chi connectivity index (χ0v) is 17.5. The number of amides is 1. The van der Waals surface area contributed by atoms with Crippen LogP contribution in [0, 0.1) is 41.3 Å². The summed E-state index contributed by atoms with van der Waals surface area (Å²) in [5.74, 6) is -1.21. The molecule has 2 atom stereocenters. The van der Waals surface area contributed by atoms with Crippen molar-refractivity contribution in [3.05, 3.63) is 64.7 Å². The first-order chi connectivity index (χ1) is 15.4. The summed E-state index contributed by atoms with van der Waals surface area (Å²) in [6, 6.07) is 11.7. The summed E-state index contributed by atoms with van der Waals surface area (Å²) in [5.41, 5.74) is 7.83. The minimum atomic E-state index is -0.692. The summed E-state index contributed by atoms with van der Waals surface area (Å²) in [6.45, 7) is 1.91. The fourth-order valence-corrected chi connectivity index (χ4v) is 4.20. The highest BCUT2D eigenvalue weighted by Crippen LogP contribution is 2.32. The zero-order chi connectivity index (χ0) is 22.8. The maximum absolute atomic E-state index is 15.0. The van der Waals surface area contributed by atoms with Gasteiger partial charge in [-0.15, -0.1) is 0 Å². The van der Waals surface area contributed by atoms with Crippen LogP contribution in [0.15, 0.2) is 36.5 Å². The number of halogens is 1. The van der Waals surface area contributed by atoms with E-state index in [4.69, 9.17) is 11.0 Å². The maximum atomic E-state index is 15.0. The Morgan fingerprint density at radius 1 is 1.28 bits per heavy atom. The van der Waals surface area contributed by atoms with Crippen molar-refractivity contribution in [2.45, 2.75) is 38.8 Å². The van der Waals surface area contributed by atoms with Crippen LogP contribution in [0.1, 0.15) is 46.4 Å². The van der Waals surface area contributed by atoms with Crippen LogP contribution in [0.25, 0.3) is 10.9 Å². The lowest BCUT2D eigenvalue weighted by atomic mass is 10.0. The lowest BCUT2D eigenvalue weighted by Crippen LogP contribution is -2.42. The first kappa shape index (κ1) is 21.2. The van der Waals surface area contributed by atoms with E-state index >= 15 is 4.39 Å². The molecule has 1 fully saturated rings. The second-order valence-corrected chi connectivity index (χ2v) is 8.03. The van der Waals surface area contributed by atoms with E-state index in [9.17, 15) is 10.1 Å². The van der Waals surface area contributed by atoms with Crippen LogP contribution in [-0.4, -0.2) is 26.8 Å². The van der Waals surface area contributed by atoms with Crippen LogP contribution in [-0.2, 0) is 6.54 Å². The van der Waals surface area contributed by atoms with Gasteiger partial charge in [0.2, 0.25) is 0 Å². The molecule has 32 heavy (non-hydrogen) atoms. The van der Waals surface area contributed by atoms with Gasteiger partial charge in [0.05, 0.1) is 40.9 Å². The number of anilines is 1. The summed E-state index contributed by atoms with van der Waals surface area (Å²) in [5, 5.41) is 19.2. The number of hydrogen-bond acceptors (Lipinski definition) is 6. The number of carbonyl (C=O) groups excluding carboxylic acids is 1. The minimum absolute atomic E-state index is 0.0827. The number of carbonyl (C=O) groups is 1. The van der Waals surface area contributed by atoms with Crippen LogP contribution in [0.5, 0.6) is 0 Å². The summed E-state index contributed by atoms with van der Waals surface area (Å²) in [7, 11) is 0. The lowest BCUT2D eigenvalue weighted by molar-refractivity contribution is 0.0631. The molecule has 2 N–H and O–H groups in total. The number of pyridine rings is 2. The molecule has 0 radical (unpaired) electrons. The van der Waals surface area contributed by atoms with Crippen LogP contribution < -0.4 is 5.73 Å². The molecule has 1 aliphatic rings. The Morgan fingerprint density at radius 2 is 2.09 bits per heavy atom. The Balaban J connectivity index is 1.75. The Kier molecular flexibility index (Phi) is 5.70. The highest BCUT2D eigenvalue weighted by molar-refractivity contribution is 5.98. The van der Waals surface area contributed by atoms with Gasteiger partial charge in [0.15, 0.2) is 0 Å². The van der Waals surface area contributed by atoms with Crippen molar-refractivity contribution in [3.63, 3.8) is 0 Å². The van der Waals surface area contributed by atoms with Crippen LogP contribution in [0.2, 0.25) is 0 Å². The number of benzene rings is 1. The van der Waals surface area contributed by atoms with E-state index in [-0.39, 0.29) is 24.1 Å². The molecule has 2 aromatic heterocycles. The van der Waals surface area contributed by atoms with E-state index < -0.39 is 11.7 Å². The largest absolute Gasteiger partial charge is 0.383 e. The summed E-state index contributed by atoms with van der Waals surface area (Å²) < 4.78 is 15.0. The van der Waals surface area contributed by atoms with E-state index in [0.29, 0.717) is 40.8 Å². The molecule has 0 unspecified atom stereocenters. The van der Waals surface area contributed by atoms with Crippen molar-refractivity contribution >= 4 is 22.6 Å². The Bertz CT molecular complexity index is 1270. The van der Waals surface area contributed by atoms with Gasteiger partial charge in [0.1, 0.15) is 17.7 Å². The topological polar surface area (TPSA) is 120 Å². The van der Waals surface area contributed by atoms with E-state index in [1.54, 1.807) is 25.1 Å². The SMILES string of the molecule is Cc1cc2cc(C(=O)N(Cc3ccc(C#N)cn3)[C@H]3CCC[C@H]3C#N)c(F)cc2nc1N. The van der Waals surface area contributed by atoms with Gasteiger partial charge in [0.25, 0.3) is 5.91 Å². The van der Waals surface area contributed by atoms with Gasteiger partial charge in [0, 0.05) is 23.7 Å². The normalized spacial score (nSPS) is 17.6. The van der Waals surface area contributed by atoms with Gasteiger partial charge in [-0.3, -0.25) is 9.78 Å². The molecule has 0 bridgehead atoms. The van der Waals surface area contributed by atoms with Crippen LogP contribution >= 0.6 is 0 Å². The number of fused-ring (bicyclic) bond motifs is 1. The van der Waals surface area contributed by atoms with Crippen molar-refractivity contribution in [2.24, 2.45) is 5.92 Å². The predicted molar refractivity (Wildman–Crippen MR) is 116 cm³/mol. The quantitative estimate of drug-likeness (QED) is 0.674. The fourth-order valence-electron chi connectivity index (χ4n) is 4.20. The number of nitrogens with two attached hydrogens (primary N) is 1. The lowest BCUT2D eigenvalue weighted by Gasteiger charge is -2.31. The highest BCUT2D eigenvalue weighted by Gasteiger charge is 2.36. The Labute approximate surface area is 184 Å². The average Bonchev–Trinajstić information content (AvgIpc) is 3.27. The number of nitrogen functional groups attached to an aromatic ring is 1. The number of rotatable bonds is 4. The molecule has 0 saturated heterocycles. The van der Waals surface area contributed by atoms with Gasteiger partial charge in [-0.2, -0.15) is 10.5 Å². The van der Waals surface area contributed by atoms with Crippen molar-refractivity contribution in [1.29, 1.82) is 10.5 Å². The van der Waals surface area contributed by atoms with Crippen molar-refractivity contribution in [1.82, 2.24) is 14.9 Å². The highest BCUT2D eigenvalue weighted by atomic mass is 19.1. The molecule has 1 amide bonds. The third-order valence-electron chi connectivity index (χ3n) is 5.96. The van der Waals surface area contributed by atoms with E-state index in [1.807, 2.05) is 6.07 Å². The molecule has 0 aliphatic heterocycles. The zero-order valence-electron chi connectivity index (χ0n) is 17.5. The van der Waals surface area contributed by atoms with Gasteiger partial charge in [-0.25, -0.2) is 9.37 Å². The smallest absolute Gasteiger partial charge is 0.257 e. The van der Waals surface area contributed by atoms with Crippen molar-refractivity contribution in [3.8, 4) is 12.1 Å². The molecular formula is C24H21FN6O. The Hall–Kier alpha value is -4.04.